The van der Waals surface area contributed by atoms with Gasteiger partial charge in [0, 0.05) is 0 Å². The summed E-state index contributed by atoms with van der Waals surface area (Å²) in [5.74, 6) is 0. The Balaban J connectivity index is 0.00000108. The quantitative estimate of drug-likeness (QED) is 0.379. The Labute approximate surface area is 141 Å². The van der Waals surface area contributed by atoms with Gasteiger partial charge in [-0.15, -0.1) is 34.5 Å². The van der Waals surface area contributed by atoms with Crippen molar-refractivity contribution in [2.75, 3.05) is 0 Å². The van der Waals surface area contributed by atoms with E-state index in [1.165, 1.54) is 27.5 Å². The average Bonchev–Trinajstić information content (AvgIpc) is 2.73. The van der Waals surface area contributed by atoms with Crippen molar-refractivity contribution in [3.63, 3.8) is 0 Å². The molecule has 0 aliphatic rings. The smallest absolute Gasteiger partial charge is 1.00 e. The SMILES string of the molecule is Cc1ccc(-c2cc3ccccc3[cH-]2)cc1.[Cl-].[Cl-].[Ti+3]. The minimum absolute atomic E-state index is 0. The third-order valence-electron chi connectivity index (χ3n) is 3.00. The number of fused-ring (bicyclic) bond motifs is 1. The summed E-state index contributed by atoms with van der Waals surface area (Å²) in [4.78, 5) is 0. The van der Waals surface area contributed by atoms with Crippen LogP contribution in [-0.4, -0.2) is 0 Å². The number of benzene rings is 2. The van der Waals surface area contributed by atoms with Gasteiger partial charge in [-0.05, 0) is 6.92 Å². The van der Waals surface area contributed by atoms with Crippen LogP contribution in [0.1, 0.15) is 5.56 Å². The minimum Gasteiger partial charge on any atom is -1.00 e. The zero-order valence-corrected chi connectivity index (χ0v) is 13.6. The zero-order valence-electron chi connectivity index (χ0n) is 10.5. The molecule has 3 aromatic carbocycles. The Morgan fingerprint density at radius 2 is 1.47 bits per heavy atom. The fourth-order valence-electron chi connectivity index (χ4n) is 2.06. The first-order chi connectivity index (χ1) is 7.83. The molecule has 95 valence electrons. The van der Waals surface area contributed by atoms with Crippen LogP contribution in [0.3, 0.4) is 0 Å². The van der Waals surface area contributed by atoms with Crippen LogP contribution < -0.4 is 24.8 Å². The fraction of sp³-hybridized carbons (Fsp3) is 0.0625. The van der Waals surface area contributed by atoms with Crippen LogP contribution in [0, 0.1) is 6.92 Å². The Bertz CT molecular complexity index is 594. The average molecular weight is 324 g/mol. The van der Waals surface area contributed by atoms with Crippen molar-refractivity contribution in [1.82, 2.24) is 0 Å². The summed E-state index contributed by atoms with van der Waals surface area (Å²) in [6.07, 6.45) is 0. The van der Waals surface area contributed by atoms with E-state index in [0.29, 0.717) is 0 Å². The Morgan fingerprint density at radius 3 is 2.11 bits per heavy atom. The normalized spacial score (nSPS) is 9.11. The zero-order chi connectivity index (χ0) is 11.0. The van der Waals surface area contributed by atoms with Gasteiger partial charge in [0.15, 0.2) is 0 Å². The standard InChI is InChI=1S/C16H13.2ClH.Ti/c1-12-6-8-13(9-7-12)16-10-14-4-2-3-5-15(14)11-16;;;/h2-11H,1H3;2*1H;/q-1;;;+3/p-2. The Morgan fingerprint density at radius 1 is 0.842 bits per heavy atom. The van der Waals surface area contributed by atoms with E-state index in [0.717, 1.165) is 0 Å². The van der Waals surface area contributed by atoms with Gasteiger partial charge < -0.3 is 24.8 Å². The number of aryl methyl sites for hydroxylation is 1. The molecule has 0 amide bonds. The minimum atomic E-state index is 0. The molecule has 0 atom stereocenters. The number of rotatable bonds is 1. The third kappa shape index (κ3) is 3.90. The summed E-state index contributed by atoms with van der Waals surface area (Å²) in [5, 5.41) is 2.64. The summed E-state index contributed by atoms with van der Waals surface area (Å²) in [6, 6.07) is 21.7. The van der Waals surface area contributed by atoms with Crippen LogP contribution in [0.2, 0.25) is 0 Å². The Hall–Kier alpha value is -0.656. The van der Waals surface area contributed by atoms with Crippen LogP contribution in [0.25, 0.3) is 21.9 Å². The maximum Gasteiger partial charge on any atom is 3.00 e. The first-order valence-corrected chi connectivity index (χ1v) is 5.55. The molecule has 0 aliphatic carbocycles. The van der Waals surface area contributed by atoms with Crippen molar-refractivity contribution in [2.45, 2.75) is 6.92 Å². The summed E-state index contributed by atoms with van der Waals surface area (Å²) >= 11 is 0. The molecule has 0 aliphatic heterocycles. The molecule has 0 unspecified atom stereocenters. The topological polar surface area (TPSA) is 0 Å². The van der Waals surface area contributed by atoms with E-state index in [4.69, 9.17) is 0 Å². The van der Waals surface area contributed by atoms with Gasteiger partial charge in [0.05, 0.1) is 0 Å². The van der Waals surface area contributed by atoms with Crippen LogP contribution in [0.5, 0.6) is 0 Å². The van der Waals surface area contributed by atoms with Crippen molar-refractivity contribution in [3.05, 3.63) is 66.2 Å². The molecule has 0 nitrogen and oxygen atoms in total. The van der Waals surface area contributed by atoms with E-state index in [1.54, 1.807) is 0 Å². The predicted octanol–water partition coefficient (Wildman–Crippen LogP) is -1.46. The van der Waals surface area contributed by atoms with Crippen molar-refractivity contribution in [3.8, 4) is 11.1 Å². The van der Waals surface area contributed by atoms with Gasteiger partial charge in [0.25, 0.3) is 0 Å². The van der Waals surface area contributed by atoms with Crippen LogP contribution in [0.15, 0.2) is 60.7 Å². The largest absolute Gasteiger partial charge is 3.00 e. The molecule has 3 aromatic rings. The molecule has 19 heavy (non-hydrogen) atoms. The maximum absolute atomic E-state index is 2.25. The molecule has 1 radical (unpaired) electrons. The van der Waals surface area contributed by atoms with Gasteiger partial charge in [-0.2, -0.15) is 0 Å². The van der Waals surface area contributed by atoms with E-state index >= 15 is 0 Å². The van der Waals surface area contributed by atoms with E-state index in [2.05, 4.69) is 67.6 Å². The first kappa shape index (κ1) is 18.3. The first-order valence-electron chi connectivity index (χ1n) is 5.55. The van der Waals surface area contributed by atoms with E-state index < -0.39 is 0 Å². The fourth-order valence-corrected chi connectivity index (χ4v) is 2.06. The summed E-state index contributed by atoms with van der Waals surface area (Å²) in [5.41, 5.74) is 3.91. The molecule has 0 aromatic heterocycles. The molecule has 0 fully saturated rings. The molecular weight excluding hydrogens is 311 g/mol. The van der Waals surface area contributed by atoms with E-state index in [1.807, 2.05) is 0 Å². The van der Waals surface area contributed by atoms with Crippen molar-refractivity contribution < 1.29 is 46.5 Å². The second kappa shape index (κ2) is 7.82. The van der Waals surface area contributed by atoms with Gasteiger partial charge >= 0.3 is 21.7 Å². The van der Waals surface area contributed by atoms with Gasteiger partial charge in [0.1, 0.15) is 0 Å². The van der Waals surface area contributed by atoms with Gasteiger partial charge in [0.2, 0.25) is 0 Å². The van der Waals surface area contributed by atoms with Crippen LogP contribution >= 0.6 is 0 Å². The summed E-state index contributed by atoms with van der Waals surface area (Å²) in [7, 11) is 0. The van der Waals surface area contributed by atoms with Gasteiger partial charge in [-0.3, -0.25) is 0 Å². The Kier molecular flexibility index (Phi) is 7.55. The van der Waals surface area contributed by atoms with Crippen molar-refractivity contribution in [2.24, 2.45) is 0 Å². The second-order valence-electron chi connectivity index (χ2n) is 4.24. The number of halogens is 2. The molecule has 0 heterocycles. The van der Waals surface area contributed by atoms with Gasteiger partial charge in [-0.25, -0.2) is 0 Å². The molecule has 0 N–H and O–H groups in total. The summed E-state index contributed by atoms with van der Waals surface area (Å²) in [6.45, 7) is 2.12. The predicted molar refractivity (Wildman–Crippen MR) is 69.7 cm³/mol. The van der Waals surface area contributed by atoms with Crippen LogP contribution in [-0.2, 0) is 21.7 Å². The van der Waals surface area contributed by atoms with Crippen molar-refractivity contribution >= 4 is 10.8 Å². The second-order valence-corrected chi connectivity index (χ2v) is 4.24. The number of hydrogen-bond acceptors (Lipinski definition) is 0. The summed E-state index contributed by atoms with van der Waals surface area (Å²) < 4.78 is 0. The molecule has 3 rings (SSSR count). The van der Waals surface area contributed by atoms with E-state index in [9.17, 15) is 0 Å². The monoisotopic (exact) mass is 323 g/mol. The molecule has 0 bridgehead atoms. The van der Waals surface area contributed by atoms with E-state index in [-0.39, 0.29) is 46.5 Å². The molecule has 3 heteroatoms. The molecular formula is C16H13Cl2Ti. The molecule has 0 saturated heterocycles. The van der Waals surface area contributed by atoms with Crippen molar-refractivity contribution in [1.29, 1.82) is 0 Å². The number of hydrogen-bond donors (Lipinski definition) is 0. The molecule has 0 saturated carbocycles. The molecule has 0 spiro atoms. The van der Waals surface area contributed by atoms with Crippen LogP contribution in [0.4, 0.5) is 0 Å². The third-order valence-corrected chi connectivity index (χ3v) is 3.00. The van der Waals surface area contributed by atoms with Gasteiger partial charge in [-0.1, -0.05) is 53.6 Å². The maximum atomic E-state index is 2.25.